The van der Waals surface area contributed by atoms with Gasteiger partial charge >= 0.3 is 0 Å². The van der Waals surface area contributed by atoms with E-state index in [0.717, 1.165) is 11.3 Å². The number of hydrogen-bond acceptors (Lipinski definition) is 5. The standard InChI is InChI=1S/C15H13N3O2S/c1-9-11-7-10(3-4-12(11)18-14(9)20)13(19)8-21-15-16-5-2-6-17-15/h2-7,9H,8H2,1H3,(H,18,20)/t9-/m1/s1. The van der Waals surface area contributed by atoms with Crippen molar-refractivity contribution in [2.75, 3.05) is 11.1 Å². The van der Waals surface area contributed by atoms with E-state index < -0.39 is 0 Å². The second kappa shape index (κ2) is 5.65. The van der Waals surface area contributed by atoms with Crippen LogP contribution in [0.4, 0.5) is 5.69 Å². The zero-order chi connectivity index (χ0) is 14.8. The van der Waals surface area contributed by atoms with E-state index in [0.29, 0.717) is 10.7 Å². The first-order valence-corrected chi connectivity index (χ1v) is 7.51. The first-order chi connectivity index (χ1) is 10.1. The molecule has 1 aromatic heterocycles. The molecule has 3 rings (SSSR count). The van der Waals surface area contributed by atoms with E-state index in [9.17, 15) is 9.59 Å². The zero-order valence-corrected chi connectivity index (χ0v) is 12.2. The van der Waals surface area contributed by atoms with E-state index in [1.165, 1.54) is 11.8 Å². The highest BCUT2D eigenvalue weighted by Gasteiger charge is 2.27. The molecule has 106 valence electrons. The van der Waals surface area contributed by atoms with Crippen molar-refractivity contribution >= 4 is 29.1 Å². The van der Waals surface area contributed by atoms with Gasteiger partial charge in [-0.2, -0.15) is 0 Å². The van der Waals surface area contributed by atoms with E-state index in [1.807, 2.05) is 6.92 Å². The lowest BCUT2D eigenvalue weighted by Crippen LogP contribution is -2.08. The molecular formula is C15H13N3O2S. The molecule has 1 N–H and O–H groups in total. The molecule has 0 bridgehead atoms. The number of benzene rings is 1. The number of carbonyl (C=O) groups is 2. The lowest BCUT2D eigenvalue weighted by Gasteiger charge is -2.05. The molecule has 21 heavy (non-hydrogen) atoms. The SMILES string of the molecule is C[C@H]1C(=O)Nc2ccc(C(=O)CSc3ncccn3)cc21. The van der Waals surface area contributed by atoms with E-state index in [4.69, 9.17) is 0 Å². The highest BCUT2D eigenvalue weighted by atomic mass is 32.2. The van der Waals surface area contributed by atoms with Crippen LogP contribution in [-0.4, -0.2) is 27.4 Å². The van der Waals surface area contributed by atoms with Crippen molar-refractivity contribution < 1.29 is 9.59 Å². The number of anilines is 1. The fraction of sp³-hybridized carbons (Fsp3) is 0.200. The Hall–Kier alpha value is -2.21. The van der Waals surface area contributed by atoms with Crippen molar-refractivity contribution in [3.8, 4) is 0 Å². The van der Waals surface area contributed by atoms with Crippen molar-refractivity contribution in [1.82, 2.24) is 9.97 Å². The summed E-state index contributed by atoms with van der Waals surface area (Å²) in [4.78, 5) is 32.0. The third-order valence-electron chi connectivity index (χ3n) is 3.37. The molecule has 1 aliphatic heterocycles. The van der Waals surface area contributed by atoms with Crippen LogP contribution in [0, 0.1) is 0 Å². The van der Waals surface area contributed by atoms with Crippen LogP contribution >= 0.6 is 11.8 Å². The number of Topliss-reactive ketones (excluding diaryl/α,β-unsaturated/α-hetero) is 1. The first-order valence-electron chi connectivity index (χ1n) is 6.53. The molecule has 2 aromatic rings. The monoisotopic (exact) mass is 299 g/mol. The molecular weight excluding hydrogens is 286 g/mol. The number of hydrogen-bond donors (Lipinski definition) is 1. The third kappa shape index (κ3) is 2.80. The van der Waals surface area contributed by atoms with Gasteiger partial charge in [0.25, 0.3) is 0 Å². The average molecular weight is 299 g/mol. The fourth-order valence-corrected chi connectivity index (χ4v) is 2.86. The fourth-order valence-electron chi connectivity index (χ4n) is 2.16. The topological polar surface area (TPSA) is 72.0 Å². The van der Waals surface area contributed by atoms with Gasteiger partial charge in [-0.25, -0.2) is 9.97 Å². The number of aromatic nitrogens is 2. The lowest BCUT2D eigenvalue weighted by molar-refractivity contribution is -0.116. The molecule has 0 saturated carbocycles. The van der Waals surface area contributed by atoms with Crippen LogP contribution < -0.4 is 5.32 Å². The van der Waals surface area contributed by atoms with Crippen molar-refractivity contribution in [2.24, 2.45) is 0 Å². The van der Waals surface area contributed by atoms with Gasteiger partial charge in [0.05, 0.1) is 11.7 Å². The van der Waals surface area contributed by atoms with Gasteiger partial charge in [0.1, 0.15) is 0 Å². The average Bonchev–Trinajstić information content (AvgIpc) is 2.80. The number of thioether (sulfide) groups is 1. The van der Waals surface area contributed by atoms with E-state index >= 15 is 0 Å². The minimum Gasteiger partial charge on any atom is -0.325 e. The Morgan fingerprint density at radius 1 is 1.33 bits per heavy atom. The van der Waals surface area contributed by atoms with Crippen LogP contribution in [0.1, 0.15) is 28.8 Å². The molecule has 1 atom stereocenters. The molecule has 0 radical (unpaired) electrons. The molecule has 0 fully saturated rings. The Morgan fingerprint density at radius 2 is 2.10 bits per heavy atom. The first kappa shape index (κ1) is 13.8. The van der Waals surface area contributed by atoms with Gasteiger partial charge in [-0.15, -0.1) is 0 Å². The van der Waals surface area contributed by atoms with Gasteiger partial charge < -0.3 is 5.32 Å². The Kier molecular flexibility index (Phi) is 3.70. The van der Waals surface area contributed by atoms with Gasteiger partial charge in [-0.05, 0) is 36.8 Å². The number of nitrogens with zero attached hydrogens (tertiary/aromatic N) is 2. The predicted octanol–water partition coefficient (Wildman–Crippen LogP) is 2.51. The molecule has 1 amide bonds. The number of amides is 1. The summed E-state index contributed by atoms with van der Waals surface area (Å²) in [6, 6.07) is 7.06. The molecule has 2 heterocycles. The summed E-state index contributed by atoms with van der Waals surface area (Å²) in [5, 5.41) is 3.38. The van der Waals surface area contributed by atoms with Gasteiger partial charge in [-0.1, -0.05) is 11.8 Å². The van der Waals surface area contributed by atoms with Gasteiger partial charge in [0.2, 0.25) is 5.91 Å². The van der Waals surface area contributed by atoms with Crippen LogP contribution in [0.15, 0.2) is 41.8 Å². The summed E-state index contributed by atoms with van der Waals surface area (Å²) >= 11 is 1.30. The molecule has 1 aromatic carbocycles. The van der Waals surface area contributed by atoms with E-state index in [-0.39, 0.29) is 23.4 Å². The van der Waals surface area contributed by atoms with Gasteiger partial charge in [0, 0.05) is 23.6 Å². The number of carbonyl (C=O) groups excluding carboxylic acids is 2. The second-order valence-corrected chi connectivity index (χ2v) is 5.70. The molecule has 0 spiro atoms. The third-order valence-corrected chi connectivity index (χ3v) is 4.24. The Balaban J connectivity index is 1.73. The van der Waals surface area contributed by atoms with Crippen molar-refractivity contribution in [1.29, 1.82) is 0 Å². The second-order valence-electron chi connectivity index (χ2n) is 4.76. The van der Waals surface area contributed by atoms with Gasteiger partial charge in [-0.3, -0.25) is 9.59 Å². The van der Waals surface area contributed by atoms with Crippen LogP contribution in [0.2, 0.25) is 0 Å². The predicted molar refractivity (Wildman–Crippen MR) is 80.6 cm³/mol. The number of fused-ring (bicyclic) bond motifs is 1. The van der Waals surface area contributed by atoms with Crippen LogP contribution in [0.25, 0.3) is 0 Å². The number of nitrogens with one attached hydrogen (secondary N) is 1. The summed E-state index contributed by atoms with van der Waals surface area (Å²) < 4.78 is 0. The summed E-state index contributed by atoms with van der Waals surface area (Å²) in [5.74, 6) is 0.0415. The quantitative estimate of drug-likeness (QED) is 0.533. The molecule has 0 saturated heterocycles. The smallest absolute Gasteiger partial charge is 0.231 e. The highest BCUT2D eigenvalue weighted by molar-refractivity contribution is 7.99. The minimum absolute atomic E-state index is 0.00167. The van der Waals surface area contributed by atoms with E-state index in [1.54, 1.807) is 36.7 Å². The number of rotatable bonds is 4. The lowest BCUT2D eigenvalue weighted by atomic mass is 9.99. The van der Waals surface area contributed by atoms with E-state index in [2.05, 4.69) is 15.3 Å². The molecule has 5 nitrogen and oxygen atoms in total. The normalized spacial score (nSPS) is 16.4. The Labute approximate surface area is 126 Å². The minimum atomic E-state index is -0.210. The van der Waals surface area contributed by atoms with Crippen LogP contribution in [0.3, 0.4) is 0 Å². The van der Waals surface area contributed by atoms with Gasteiger partial charge in [0.15, 0.2) is 10.9 Å². The van der Waals surface area contributed by atoms with Crippen molar-refractivity contribution in [2.45, 2.75) is 18.0 Å². The maximum absolute atomic E-state index is 12.2. The maximum atomic E-state index is 12.2. The molecule has 1 aliphatic rings. The summed E-state index contributed by atoms with van der Waals surface area (Å²) in [5.41, 5.74) is 2.29. The molecule has 6 heteroatoms. The maximum Gasteiger partial charge on any atom is 0.231 e. The zero-order valence-electron chi connectivity index (χ0n) is 11.4. The largest absolute Gasteiger partial charge is 0.325 e. The Morgan fingerprint density at radius 3 is 2.86 bits per heavy atom. The van der Waals surface area contributed by atoms with Crippen molar-refractivity contribution in [3.05, 3.63) is 47.8 Å². The molecule has 0 unspecified atom stereocenters. The number of ketones is 1. The summed E-state index contributed by atoms with van der Waals surface area (Å²) in [6.45, 7) is 1.84. The van der Waals surface area contributed by atoms with Crippen LogP contribution in [0.5, 0.6) is 0 Å². The summed E-state index contributed by atoms with van der Waals surface area (Å²) in [7, 11) is 0. The van der Waals surface area contributed by atoms with Crippen LogP contribution in [-0.2, 0) is 4.79 Å². The highest BCUT2D eigenvalue weighted by Crippen LogP contribution is 2.33. The summed E-state index contributed by atoms with van der Waals surface area (Å²) in [6.07, 6.45) is 3.29. The molecule has 0 aliphatic carbocycles. The Bertz CT molecular complexity index is 703. The van der Waals surface area contributed by atoms with Crippen molar-refractivity contribution in [3.63, 3.8) is 0 Å².